The topological polar surface area (TPSA) is 134 Å². The number of urea groups is 1. The Bertz CT molecular complexity index is 1430. The smallest absolute Gasteiger partial charge is 0.321 e. The molecule has 198 valence electrons. The number of nitrogens with zero attached hydrogens (tertiary/aromatic N) is 3. The van der Waals surface area contributed by atoms with Gasteiger partial charge in [0.2, 0.25) is 0 Å². The van der Waals surface area contributed by atoms with Gasteiger partial charge in [-0.2, -0.15) is 0 Å². The van der Waals surface area contributed by atoms with Gasteiger partial charge < -0.3 is 26.0 Å². The van der Waals surface area contributed by atoms with E-state index < -0.39 is 0 Å². The van der Waals surface area contributed by atoms with Gasteiger partial charge in [-0.25, -0.2) is 14.8 Å². The Balaban J connectivity index is 1.44. The monoisotopic (exact) mass is 551 g/mol. The van der Waals surface area contributed by atoms with E-state index in [2.05, 4.69) is 20.9 Å². The molecule has 2 aromatic heterocycles. The lowest BCUT2D eigenvalue weighted by atomic mass is 10.1. The van der Waals surface area contributed by atoms with Gasteiger partial charge in [0.1, 0.15) is 21.5 Å². The number of amides is 3. The van der Waals surface area contributed by atoms with Crippen molar-refractivity contribution in [3.8, 4) is 26.9 Å². The molecule has 0 saturated carbocycles. The van der Waals surface area contributed by atoms with Crippen molar-refractivity contribution in [1.82, 2.24) is 20.2 Å². The molecule has 4 aromatic rings. The van der Waals surface area contributed by atoms with Crippen LogP contribution in [0.5, 0.6) is 5.75 Å². The van der Waals surface area contributed by atoms with Crippen molar-refractivity contribution < 1.29 is 14.3 Å². The lowest BCUT2D eigenvalue weighted by Crippen LogP contribution is -2.40. The second kappa shape index (κ2) is 12.0. The van der Waals surface area contributed by atoms with Crippen LogP contribution in [0.2, 0.25) is 0 Å². The maximum absolute atomic E-state index is 12.7. The van der Waals surface area contributed by atoms with Gasteiger partial charge in [0.05, 0.1) is 12.8 Å². The van der Waals surface area contributed by atoms with Gasteiger partial charge in [0.25, 0.3) is 5.91 Å². The lowest BCUT2D eigenvalue weighted by molar-refractivity contribution is 0.102. The molecule has 10 nitrogen and oxygen atoms in total. The van der Waals surface area contributed by atoms with Crippen LogP contribution in [0.4, 0.5) is 21.4 Å². The zero-order valence-electron chi connectivity index (χ0n) is 21.4. The van der Waals surface area contributed by atoms with Gasteiger partial charge in [-0.3, -0.25) is 10.1 Å². The first kappa shape index (κ1) is 27.0. The number of anilines is 3. The molecule has 0 bridgehead atoms. The number of hydrogen-bond donors (Lipinski definition) is 4. The summed E-state index contributed by atoms with van der Waals surface area (Å²) in [5, 5.41) is 11.5. The summed E-state index contributed by atoms with van der Waals surface area (Å²) in [6.07, 6.45) is 0. The zero-order valence-corrected chi connectivity index (χ0v) is 23.1. The van der Waals surface area contributed by atoms with Gasteiger partial charge in [0, 0.05) is 34.8 Å². The van der Waals surface area contributed by atoms with Crippen LogP contribution < -0.4 is 26.4 Å². The summed E-state index contributed by atoms with van der Waals surface area (Å²) in [6, 6.07) is 14.3. The van der Waals surface area contributed by atoms with E-state index in [1.807, 2.05) is 55.6 Å². The Morgan fingerprint density at radius 1 is 1.11 bits per heavy atom. The SMILES string of the molecule is COc1cccc(C(=O)Nc2cccc(-c3csc(-c4sc(NC(=O)NCC(C)N(C)C)nc4N)n3)c2)c1. The van der Waals surface area contributed by atoms with Crippen molar-refractivity contribution in [2.75, 3.05) is 44.1 Å². The number of nitrogens with two attached hydrogens (primary N) is 1. The molecular weight excluding hydrogens is 522 g/mol. The molecule has 0 aliphatic rings. The predicted octanol–water partition coefficient (Wildman–Crippen LogP) is 4.85. The molecule has 5 N–H and O–H groups in total. The lowest BCUT2D eigenvalue weighted by Gasteiger charge is -2.19. The van der Waals surface area contributed by atoms with Gasteiger partial charge in [0.15, 0.2) is 5.13 Å². The fourth-order valence-electron chi connectivity index (χ4n) is 3.34. The van der Waals surface area contributed by atoms with Crippen molar-refractivity contribution in [2.24, 2.45) is 0 Å². The third kappa shape index (κ3) is 6.65. The molecule has 0 aliphatic heterocycles. The highest BCUT2D eigenvalue weighted by Gasteiger charge is 2.17. The third-order valence-electron chi connectivity index (χ3n) is 5.76. The molecule has 0 saturated heterocycles. The summed E-state index contributed by atoms with van der Waals surface area (Å²) in [7, 11) is 5.47. The quantitative estimate of drug-likeness (QED) is 0.234. The molecule has 38 heavy (non-hydrogen) atoms. The fourth-order valence-corrected chi connectivity index (χ4v) is 5.15. The number of rotatable bonds is 9. The predicted molar refractivity (Wildman–Crippen MR) is 154 cm³/mol. The molecule has 0 aliphatic carbocycles. The van der Waals surface area contributed by atoms with E-state index in [4.69, 9.17) is 15.5 Å². The number of aromatic nitrogens is 2. The van der Waals surface area contributed by atoms with Gasteiger partial charge in [-0.05, 0) is 51.4 Å². The maximum atomic E-state index is 12.7. The molecule has 3 amide bonds. The van der Waals surface area contributed by atoms with Gasteiger partial charge in [-0.1, -0.05) is 29.5 Å². The van der Waals surface area contributed by atoms with Gasteiger partial charge >= 0.3 is 6.03 Å². The molecule has 0 spiro atoms. The molecule has 1 atom stereocenters. The van der Waals surface area contributed by atoms with Crippen LogP contribution in [-0.4, -0.2) is 60.6 Å². The Labute approximate surface area is 228 Å². The minimum Gasteiger partial charge on any atom is -0.497 e. The Morgan fingerprint density at radius 3 is 2.66 bits per heavy atom. The van der Waals surface area contributed by atoms with Crippen molar-refractivity contribution in [3.63, 3.8) is 0 Å². The average Bonchev–Trinajstić information content (AvgIpc) is 3.54. The van der Waals surface area contributed by atoms with Crippen molar-refractivity contribution in [1.29, 1.82) is 0 Å². The average molecular weight is 552 g/mol. The molecule has 4 rings (SSSR count). The van der Waals surface area contributed by atoms with Crippen LogP contribution in [0.3, 0.4) is 0 Å². The minimum absolute atomic E-state index is 0.195. The Morgan fingerprint density at radius 2 is 1.89 bits per heavy atom. The number of carbonyl (C=O) groups excluding carboxylic acids is 2. The highest BCUT2D eigenvalue weighted by molar-refractivity contribution is 7.23. The van der Waals surface area contributed by atoms with Crippen LogP contribution in [0.25, 0.3) is 21.1 Å². The first-order valence-electron chi connectivity index (χ1n) is 11.7. The highest BCUT2D eigenvalue weighted by Crippen LogP contribution is 2.38. The zero-order chi connectivity index (χ0) is 27.2. The summed E-state index contributed by atoms with van der Waals surface area (Å²) < 4.78 is 5.20. The molecule has 0 fully saturated rings. The third-order valence-corrected chi connectivity index (χ3v) is 7.74. The summed E-state index contributed by atoms with van der Waals surface area (Å²) in [6.45, 7) is 2.52. The molecule has 1 unspecified atom stereocenters. The van der Waals surface area contributed by atoms with Crippen molar-refractivity contribution in [2.45, 2.75) is 13.0 Å². The number of nitrogens with one attached hydrogen (secondary N) is 3. The van der Waals surface area contributed by atoms with E-state index in [0.717, 1.165) is 11.3 Å². The first-order valence-corrected chi connectivity index (χ1v) is 13.4. The number of likely N-dealkylation sites (N-methyl/N-ethyl adjacent to an activating group) is 1. The molecule has 12 heteroatoms. The number of nitrogen functional groups attached to an aromatic ring is 1. The Kier molecular flexibility index (Phi) is 8.56. The number of carbonyl (C=O) groups is 2. The summed E-state index contributed by atoms with van der Waals surface area (Å²) in [5.41, 5.74) is 8.86. The number of ether oxygens (including phenoxy) is 1. The van der Waals surface area contributed by atoms with Crippen molar-refractivity contribution >= 4 is 51.2 Å². The van der Waals surface area contributed by atoms with Gasteiger partial charge in [-0.15, -0.1) is 11.3 Å². The maximum Gasteiger partial charge on any atom is 0.321 e. The number of hydrogen-bond acceptors (Lipinski definition) is 9. The number of thiazole rings is 2. The van der Waals surface area contributed by atoms with Crippen molar-refractivity contribution in [3.05, 3.63) is 59.5 Å². The van der Waals surface area contributed by atoms with Crippen LogP contribution >= 0.6 is 22.7 Å². The fraction of sp³-hybridized carbons (Fsp3) is 0.231. The van der Waals surface area contributed by atoms with Crippen LogP contribution in [0.1, 0.15) is 17.3 Å². The van der Waals surface area contributed by atoms with E-state index in [0.29, 0.717) is 44.4 Å². The van der Waals surface area contributed by atoms with E-state index in [-0.39, 0.29) is 18.0 Å². The van der Waals surface area contributed by atoms with Crippen LogP contribution in [0, 0.1) is 0 Å². The molecular formula is C26H29N7O3S2. The van der Waals surface area contributed by atoms with Crippen LogP contribution in [0.15, 0.2) is 53.9 Å². The molecule has 2 heterocycles. The second-order valence-electron chi connectivity index (χ2n) is 8.69. The van der Waals surface area contributed by atoms with E-state index >= 15 is 0 Å². The van der Waals surface area contributed by atoms with E-state index in [9.17, 15) is 9.59 Å². The standard InChI is InChI=1S/C26H29N7O3S2/c1-15(33(2)3)13-28-25(35)32-26-31-22(27)21(38-26)24-30-20(14-37-24)16-7-5-9-18(11-16)29-23(34)17-8-6-10-19(12-17)36-4/h5-12,14-15H,13,27H2,1-4H3,(H,29,34)(H2,28,31,32,35). The second-order valence-corrected chi connectivity index (χ2v) is 10.5. The first-order chi connectivity index (χ1) is 18.2. The summed E-state index contributed by atoms with van der Waals surface area (Å²) in [4.78, 5) is 36.7. The minimum atomic E-state index is -0.341. The Hall–Kier alpha value is -4.00. The molecule has 2 aromatic carbocycles. The molecule has 0 radical (unpaired) electrons. The normalized spacial score (nSPS) is 11.7. The largest absolute Gasteiger partial charge is 0.497 e. The summed E-state index contributed by atoms with van der Waals surface area (Å²) in [5.74, 6) is 0.673. The summed E-state index contributed by atoms with van der Waals surface area (Å²) >= 11 is 2.69. The number of methoxy groups -OCH3 is 1. The van der Waals surface area contributed by atoms with E-state index in [1.54, 1.807) is 31.4 Å². The van der Waals surface area contributed by atoms with Crippen LogP contribution in [-0.2, 0) is 0 Å². The van der Waals surface area contributed by atoms with E-state index in [1.165, 1.54) is 22.7 Å². The highest BCUT2D eigenvalue weighted by atomic mass is 32.1. The number of benzene rings is 2.